The first-order chi connectivity index (χ1) is 9.58. The number of hydrogen-bond donors (Lipinski definition) is 1. The molecule has 5 heteroatoms. The SMILES string of the molecule is O=C(O)C(COc1ccc(Cl)cc1)c1ccccc1F. The Morgan fingerprint density at radius 1 is 1.20 bits per heavy atom. The van der Waals surface area contributed by atoms with E-state index in [1.807, 2.05) is 0 Å². The first kappa shape index (κ1) is 14.3. The van der Waals surface area contributed by atoms with E-state index in [1.165, 1.54) is 18.2 Å². The number of hydrogen-bond acceptors (Lipinski definition) is 2. The Hall–Kier alpha value is -2.07. The van der Waals surface area contributed by atoms with Crippen molar-refractivity contribution in [1.82, 2.24) is 0 Å². The minimum atomic E-state index is -1.14. The Balaban J connectivity index is 2.13. The summed E-state index contributed by atoms with van der Waals surface area (Å²) < 4.78 is 19.0. The van der Waals surface area contributed by atoms with Crippen LogP contribution in [0.5, 0.6) is 5.75 Å². The lowest BCUT2D eigenvalue weighted by atomic mass is 10.00. The second-order valence-corrected chi connectivity index (χ2v) is 4.61. The van der Waals surface area contributed by atoms with Crippen LogP contribution in [0.3, 0.4) is 0 Å². The van der Waals surface area contributed by atoms with Crippen molar-refractivity contribution in [2.45, 2.75) is 5.92 Å². The Bertz CT molecular complexity index is 598. The summed E-state index contributed by atoms with van der Waals surface area (Å²) >= 11 is 5.74. The van der Waals surface area contributed by atoms with E-state index in [2.05, 4.69) is 0 Å². The van der Waals surface area contributed by atoms with E-state index >= 15 is 0 Å². The van der Waals surface area contributed by atoms with Crippen LogP contribution >= 0.6 is 11.6 Å². The monoisotopic (exact) mass is 294 g/mol. The highest BCUT2D eigenvalue weighted by Crippen LogP contribution is 2.22. The molecule has 0 bridgehead atoms. The normalized spacial score (nSPS) is 11.9. The lowest BCUT2D eigenvalue weighted by Gasteiger charge is -2.14. The molecule has 2 aromatic carbocycles. The van der Waals surface area contributed by atoms with Gasteiger partial charge in [0.05, 0.1) is 0 Å². The number of carboxylic acids is 1. The molecule has 0 radical (unpaired) electrons. The second-order valence-electron chi connectivity index (χ2n) is 4.18. The fraction of sp³-hybridized carbons (Fsp3) is 0.133. The maximum Gasteiger partial charge on any atom is 0.314 e. The highest BCUT2D eigenvalue weighted by molar-refractivity contribution is 6.30. The van der Waals surface area contributed by atoms with Crippen LogP contribution in [0.4, 0.5) is 4.39 Å². The molecule has 0 saturated carbocycles. The van der Waals surface area contributed by atoms with Gasteiger partial charge in [-0.2, -0.15) is 0 Å². The molecule has 0 amide bonds. The van der Waals surface area contributed by atoms with Crippen LogP contribution in [0.1, 0.15) is 11.5 Å². The average molecular weight is 295 g/mol. The van der Waals surface area contributed by atoms with Crippen LogP contribution in [-0.2, 0) is 4.79 Å². The van der Waals surface area contributed by atoms with E-state index < -0.39 is 17.7 Å². The summed E-state index contributed by atoms with van der Waals surface area (Å²) in [5.41, 5.74) is 0.106. The van der Waals surface area contributed by atoms with Crippen LogP contribution in [0.15, 0.2) is 48.5 Å². The highest BCUT2D eigenvalue weighted by atomic mass is 35.5. The van der Waals surface area contributed by atoms with E-state index in [0.29, 0.717) is 10.8 Å². The minimum Gasteiger partial charge on any atom is -0.492 e. The predicted molar refractivity (Wildman–Crippen MR) is 73.7 cm³/mol. The summed E-state index contributed by atoms with van der Waals surface area (Å²) in [7, 11) is 0. The second kappa shape index (κ2) is 6.39. The van der Waals surface area contributed by atoms with Gasteiger partial charge in [0.1, 0.15) is 24.1 Å². The molecule has 2 aromatic rings. The molecule has 0 aromatic heterocycles. The molecular weight excluding hydrogens is 283 g/mol. The van der Waals surface area contributed by atoms with Crippen molar-refractivity contribution in [2.24, 2.45) is 0 Å². The molecule has 0 aliphatic carbocycles. The zero-order valence-electron chi connectivity index (χ0n) is 10.4. The summed E-state index contributed by atoms with van der Waals surface area (Å²) in [6.07, 6.45) is 0. The van der Waals surface area contributed by atoms with Gasteiger partial charge in [0.2, 0.25) is 0 Å². The van der Waals surface area contributed by atoms with Gasteiger partial charge in [-0.1, -0.05) is 29.8 Å². The van der Waals surface area contributed by atoms with Gasteiger partial charge in [-0.05, 0) is 30.3 Å². The van der Waals surface area contributed by atoms with Crippen LogP contribution in [0, 0.1) is 5.82 Å². The maximum atomic E-state index is 13.6. The van der Waals surface area contributed by atoms with Gasteiger partial charge < -0.3 is 9.84 Å². The summed E-state index contributed by atoms with van der Waals surface area (Å²) in [4.78, 5) is 11.3. The van der Waals surface area contributed by atoms with Crippen molar-refractivity contribution >= 4 is 17.6 Å². The number of carbonyl (C=O) groups is 1. The van der Waals surface area contributed by atoms with Crippen molar-refractivity contribution in [2.75, 3.05) is 6.61 Å². The zero-order valence-corrected chi connectivity index (χ0v) is 11.2. The summed E-state index contributed by atoms with van der Waals surface area (Å²) in [6.45, 7) is -0.155. The van der Waals surface area contributed by atoms with Gasteiger partial charge in [-0.25, -0.2) is 4.39 Å². The minimum absolute atomic E-state index is 0.106. The molecular formula is C15H12ClFO3. The van der Waals surface area contributed by atoms with Gasteiger partial charge in [0, 0.05) is 10.6 Å². The Labute approximate surface area is 120 Å². The molecule has 1 N–H and O–H groups in total. The third kappa shape index (κ3) is 3.48. The summed E-state index contributed by atoms with van der Waals surface area (Å²) in [5, 5.41) is 9.76. The van der Waals surface area contributed by atoms with Gasteiger partial charge in [-0.3, -0.25) is 4.79 Å². The quantitative estimate of drug-likeness (QED) is 0.914. The van der Waals surface area contributed by atoms with E-state index in [9.17, 15) is 14.3 Å². The lowest BCUT2D eigenvalue weighted by molar-refractivity contribution is -0.139. The lowest BCUT2D eigenvalue weighted by Crippen LogP contribution is -2.20. The Morgan fingerprint density at radius 2 is 1.85 bits per heavy atom. The molecule has 0 spiro atoms. The van der Waals surface area contributed by atoms with E-state index in [4.69, 9.17) is 16.3 Å². The van der Waals surface area contributed by atoms with Crippen molar-refractivity contribution in [3.8, 4) is 5.75 Å². The molecule has 0 fully saturated rings. The van der Waals surface area contributed by atoms with Crippen molar-refractivity contribution in [3.05, 3.63) is 64.9 Å². The number of ether oxygens (including phenoxy) is 1. The molecule has 1 atom stereocenters. The van der Waals surface area contributed by atoms with E-state index in [1.54, 1.807) is 30.3 Å². The molecule has 2 rings (SSSR count). The molecule has 0 heterocycles. The first-order valence-electron chi connectivity index (χ1n) is 5.93. The van der Waals surface area contributed by atoms with E-state index in [-0.39, 0.29) is 12.2 Å². The Kier molecular flexibility index (Phi) is 4.58. The standard InChI is InChI=1S/C15H12ClFO3/c16-10-5-7-11(8-6-10)20-9-13(15(18)19)12-3-1-2-4-14(12)17/h1-8,13H,9H2,(H,18,19). The molecule has 0 aliphatic heterocycles. The average Bonchev–Trinajstić information content (AvgIpc) is 2.42. The van der Waals surface area contributed by atoms with E-state index in [0.717, 1.165) is 0 Å². The van der Waals surface area contributed by atoms with Crippen molar-refractivity contribution in [1.29, 1.82) is 0 Å². The van der Waals surface area contributed by atoms with Gasteiger partial charge in [-0.15, -0.1) is 0 Å². The number of aliphatic carboxylic acids is 1. The van der Waals surface area contributed by atoms with Gasteiger partial charge in [0.25, 0.3) is 0 Å². The van der Waals surface area contributed by atoms with Crippen LogP contribution in [-0.4, -0.2) is 17.7 Å². The van der Waals surface area contributed by atoms with Crippen LogP contribution in [0.2, 0.25) is 5.02 Å². The number of carboxylic acid groups (broad SMARTS) is 1. The predicted octanol–water partition coefficient (Wildman–Crippen LogP) is 3.73. The van der Waals surface area contributed by atoms with Crippen LogP contribution < -0.4 is 4.74 Å². The third-order valence-electron chi connectivity index (χ3n) is 2.81. The topological polar surface area (TPSA) is 46.5 Å². The largest absolute Gasteiger partial charge is 0.492 e. The molecule has 0 aliphatic rings. The van der Waals surface area contributed by atoms with Crippen LogP contribution in [0.25, 0.3) is 0 Å². The molecule has 20 heavy (non-hydrogen) atoms. The highest BCUT2D eigenvalue weighted by Gasteiger charge is 2.23. The third-order valence-corrected chi connectivity index (χ3v) is 3.06. The fourth-order valence-corrected chi connectivity index (χ4v) is 1.89. The van der Waals surface area contributed by atoms with Gasteiger partial charge in [0.15, 0.2) is 0 Å². The summed E-state index contributed by atoms with van der Waals surface area (Å²) in [5.74, 6) is -2.27. The molecule has 0 saturated heterocycles. The molecule has 1 unspecified atom stereocenters. The zero-order chi connectivity index (χ0) is 14.5. The Morgan fingerprint density at radius 3 is 2.45 bits per heavy atom. The first-order valence-corrected chi connectivity index (χ1v) is 6.31. The molecule has 104 valence electrons. The number of benzene rings is 2. The smallest absolute Gasteiger partial charge is 0.314 e. The van der Waals surface area contributed by atoms with Crippen molar-refractivity contribution in [3.63, 3.8) is 0 Å². The number of halogens is 2. The maximum absolute atomic E-state index is 13.6. The molecule has 3 nitrogen and oxygen atoms in total. The van der Waals surface area contributed by atoms with Crippen molar-refractivity contribution < 1.29 is 19.0 Å². The van der Waals surface area contributed by atoms with Gasteiger partial charge >= 0.3 is 5.97 Å². The summed E-state index contributed by atoms with van der Waals surface area (Å²) in [6, 6.07) is 12.3. The fourth-order valence-electron chi connectivity index (χ4n) is 1.76. The number of rotatable bonds is 5.